The Kier molecular flexibility index (Phi) is 1.98. The molecule has 4 N–H and O–H groups in total. The molecule has 0 aliphatic heterocycles. The quantitative estimate of drug-likeness (QED) is 0.616. The van der Waals surface area contributed by atoms with E-state index in [9.17, 15) is 0 Å². The average molecular weight is 225 g/mol. The van der Waals surface area contributed by atoms with Crippen LogP contribution in [0.15, 0.2) is 42.5 Å². The number of nitrogen functional groups attached to an aromatic ring is 2. The Balaban J connectivity index is 2.36. The number of pyridine rings is 1. The van der Waals surface area contributed by atoms with E-state index in [1.54, 1.807) is 10.5 Å². The Bertz CT molecular complexity index is 686. The molecule has 0 bridgehead atoms. The Hall–Kier alpha value is -2.56. The third kappa shape index (κ3) is 1.40. The van der Waals surface area contributed by atoms with Crippen molar-refractivity contribution in [3.8, 4) is 11.4 Å². The summed E-state index contributed by atoms with van der Waals surface area (Å²) in [5, 5.41) is 8.21. The first-order valence-electron chi connectivity index (χ1n) is 5.22. The van der Waals surface area contributed by atoms with Crippen LogP contribution in [-0.2, 0) is 0 Å². The van der Waals surface area contributed by atoms with E-state index in [0.717, 1.165) is 5.56 Å². The van der Waals surface area contributed by atoms with E-state index in [2.05, 4.69) is 10.2 Å². The zero-order chi connectivity index (χ0) is 11.8. The van der Waals surface area contributed by atoms with Gasteiger partial charge in [-0.05, 0) is 24.3 Å². The Morgan fingerprint density at radius 1 is 0.882 bits per heavy atom. The second kappa shape index (κ2) is 3.48. The lowest BCUT2D eigenvalue weighted by molar-refractivity contribution is 1.11. The number of fused-ring (bicyclic) bond motifs is 1. The molecule has 3 rings (SSSR count). The monoisotopic (exact) mass is 225 g/mol. The van der Waals surface area contributed by atoms with Crippen molar-refractivity contribution in [2.24, 2.45) is 0 Å². The number of rotatable bonds is 1. The largest absolute Gasteiger partial charge is 0.398 e. The van der Waals surface area contributed by atoms with Gasteiger partial charge in [0.15, 0.2) is 11.5 Å². The molecule has 0 fully saturated rings. The van der Waals surface area contributed by atoms with Crippen LogP contribution in [0.3, 0.4) is 0 Å². The maximum atomic E-state index is 5.93. The number of aromatic nitrogens is 3. The second-order valence-corrected chi connectivity index (χ2v) is 3.76. The third-order valence-corrected chi connectivity index (χ3v) is 2.66. The van der Waals surface area contributed by atoms with Crippen molar-refractivity contribution in [1.82, 2.24) is 14.6 Å². The molecule has 0 radical (unpaired) electrons. The predicted molar refractivity (Wildman–Crippen MR) is 67.2 cm³/mol. The molecule has 2 aromatic heterocycles. The van der Waals surface area contributed by atoms with Gasteiger partial charge in [0.05, 0.1) is 0 Å². The number of nitrogens with zero attached hydrogens (tertiary/aromatic N) is 3. The molecule has 5 nitrogen and oxygen atoms in total. The number of hydrogen-bond acceptors (Lipinski definition) is 4. The van der Waals surface area contributed by atoms with Crippen LogP contribution in [-0.4, -0.2) is 14.6 Å². The molecule has 5 heteroatoms. The second-order valence-electron chi connectivity index (χ2n) is 3.76. The van der Waals surface area contributed by atoms with Crippen molar-refractivity contribution in [3.05, 3.63) is 42.5 Å². The molecular weight excluding hydrogens is 214 g/mol. The van der Waals surface area contributed by atoms with Gasteiger partial charge >= 0.3 is 0 Å². The molecule has 0 saturated heterocycles. The van der Waals surface area contributed by atoms with Gasteiger partial charge < -0.3 is 11.5 Å². The lowest BCUT2D eigenvalue weighted by Gasteiger charge is -2.05. The molecule has 17 heavy (non-hydrogen) atoms. The maximum Gasteiger partial charge on any atom is 0.172 e. The van der Waals surface area contributed by atoms with Gasteiger partial charge in [-0.25, -0.2) is 0 Å². The van der Waals surface area contributed by atoms with Crippen LogP contribution in [0.4, 0.5) is 11.5 Å². The smallest absolute Gasteiger partial charge is 0.172 e. The van der Waals surface area contributed by atoms with Crippen LogP contribution in [0.1, 0.15) is 0 Å². The Morgan fingerprint density at radius 2 is 1.71 bits per heavy atom. The van der Waals surface area contributed by atoms with Crippen molar-refractivity contribution < 1.29 is 0 Å². The normalized spacial score (nSPS) is 10.8. The van der Waals surface area contributed by atoms with Crippen LogP contribution in [0.2, 0.25) is 0 Å². The van der Waals surface area contributed by atoms with E-state index in [1.807, 2.05) is 36.4 Å². The molecule has 0 amide bonds. The summed E-state index contributed by atoms with van der Waals surface area (Å²) in [6, 6.07) is 13.0. The maximum absolute atomic E-state index is 5.93. The standard InChI is InChI=1S/C12H11N5/c13-9-5-2-1-4-8(9)12-16-15-11-7-3-6-10(14)17(11)12/h1-7H,13-14H2. The van der Waals surface area contributed by atoms with Gasteiger partial charge in [0.2, 0.25) is 0 Å². The number of anilines is 2. The summed E-state index contributed by atoms with van der Waals surface area (Å²) >= 11 is 0. The van der Waals surface area contributed by atoms with Crippen molar-refractivity contribution in [3.63, 3.8) is 0 Å². The molecule has 2 heterocycles. The van der Waals surface area contributed by atoms with E-state index >= 15 is 0 Å². The van der Waals surface area contributed by atoms with Crippen molar-refractivity contribution in [2.45, 2.75) is 0 Å². The van der Waals surface area contributed by atoms with Gasteiger partial charge in [0.25, 0.3) is 0 Å². The first kappa shape index (κ1) is 9.65. The van der Waals surface area contributed by atoms with Gasteiger partial charge in [-0.1, -0.05) is 18.2 Å². The highest BCUT2D eigenvalue weighted by molar-refractivity contribution is 5.74. The summed E-state index contributed by atoms with van der Waals surface area (Å²) in [5.74, 6) is 1.25. The lowest BCUT2D eigenvalue weighted by atomic mass is 10.1. The topological polar surface area (TPSA) is 82.2 Å². The molecular formula is C12H11N5. The summed E-state index contributed by atoms with van der Waals surface area (Å²) in [5.41, 5.74) is 14.1. The minimum absolute atomic E-state index is 0.589. The molecule has 0 aliphatic carbocycles. The molecule has 0 atom stereocenters. The zero-order valence-corrected chi connectivity index (χ0v) is 9.04. The Labute approximate surface area is 97.7 Å². The van der Waals surface area contributed by atoms with Crippen LogP contribution in [0, 0.1) is 0 Å². The highest BCUT2D eigenvalue weighted by Crippen LogP contribution is 2.25. The van der Waals surface area contributed by atoms with Crippen molar-refractivity contribution in [1.29, 1.82) is 0 Å². The first-order valence-corrected chi connectivity index (χ1v) is 5.22. The van der Waals surface area contributed by atoms with Crippen LogP contribution in [0.25, 0.3) is 17.0 Å². The molecule has 0 aliphatic rings. The van der Waals surface area contributed by atoms with E-state index in [0.29, 0.717) is 23.0 Å². The first-order chi connectivity index (χ1) is 8.27. The summed E-state index contributed by atoms with van der Waals surface area (Å²) in [7, 11) is 0. The minimum Gasteiger partial charge on any atom is -0.398 e. The van der Waals surface area contributed by atoms with Gasteiger partial charge in [-0.15, -0.1) is 10.2 Å². The van der Waals surface area contributed by atoms with Gasteiger partial charge in [-0.3, -0.25) is 4.40 Å². The van der Waals surface area contributed by atoms with Gasteiger partial charge in [-0.2, -0.15) is 0 Å². The van der Waals surface area contributed by atoms with Crippen LogP contribution < -0.4 is 11.5 Å². The van der Waals surface area contributed by atoms with Crippen molar-refractivity contribution >= 4 is 17.2 Å². The summed E-state index contributed by atoms with van der Waals surface area (Å²) in [4.78, 5) is 0. The predicted octanol–water partition coefficient (Wildman–Crippen LogP) is 1.56. The molecule has 84 valence electrons. The molecule has 3 aromatic rings. The highest BCUT2D eigenvalue weighted by Gasteiger charge is 2.11. The van der Waals surface area contributed by atoms with Crippen LogP contribution in [0.5, 0.6) is 0 Å². The number of para-hydroxylation sites is 1. The van der Waals surface area contributed by atoms with E-state index < -0.39 is 0 Å². The average Bonchev–Trinajstić information content (AvgIpc) is 2.75. The zero-order valence-electron chi connectivity index (χ0n) is 9.04. The van der Waals surface area contributed by atoms with E-state index in [4.69, 9.17) is 11.5 Å². The van der Waals surface area contributed by atoms with Gasteiger partial charge in [0.1, 0.15) is 5.82 Å². The fourth-order valence-electron chi connectivity index (χ4n) is 1.84. The molecule has 1 aromatic carbocycles. The summed E-state index contributed by atoms with van der Waals surface area (Å²) in [6.45, 7) is 0. The fraction of sp³-hybridized carbons (Fsp3) is 0. The number of benzene rings is 1. The molecule has 0 unspecified atom stereocenters. The summed E-state index contributed by atoms with van der Waals surface area (Å²) < 4.78 is 1.78. The fourth-order valence-corrected chi connectivity index (χ4v) is 1.84. The lowest BCUT2D eigenvalue weighted by Crippen LogP contribution is -1.99. The number of nitrogens with two attached hydrogens (primary N) is 2. The van der Waals surface area contributed by atoms with Crippen molar-refractivity contribution in [2.75, 3.05) is 11.5 Å². The SMILES string of the molecule is Nc1ccccc1-c1nnc2cccc(N)n12. The Morgan fingerprint density at radius 3 is 2.53 bits per heavy atom. The van der Waals surface area contributed by atoms with Gasteiger partial charge in [0, 0.05) is 11.3 Å². The van der Waals surface area contributed by atoms with Crippen LogP contribution >= 0.6 is 0 Å². The number of hydrogen-bond donors (Lipinski definition) is 2. The highest BCUT2D eigenvalue weighted by atomic mass is 15.3. The van der Waals surface area contributed by atoms with E-state index in [1.165, 1.54) is 0 Å². The minimum atomic E-state index is 0.589. The third-order valence-electron chi connectivity index (χ3n) is 2.66. The summed E-state index contributed by atoms with van der Waals surface area (Å²) in [6.07, 6.45) is 0. The molecule has 0 saturated carbocycles. The molecule has 0 spiro atoms. The van der Waals surface area contributed by atoms with E-state index in [-0.39, 0.29) is 0 Å².